The molecule has 0 aliphatic carbocycles. The molecule has 6 heteroatoms. The summed E-state index contributed by atoms with van der Waals surface area (Å²) in [5.74, 6) is 0.714. The minimum Gasteiger partial charge on any atom is -0.450 e. The molecule has 3 aromatic rings. The maximum Gasteiger partial charge on any atom is 0.339 e. The van der Waals surface area contributed by atoms with E-state index in [4.69, 9.17) is 9.84 Å². The van der Waals surface area contributed by atoms with Crippen LogP contribution in [0.2, 0.25) is 0 Å². The average molecular weight is 389 g/mol. The normalized spacial score (nSPS) is 17.4. The number of aliphatic hydroxyl groups excluding tert-OH is 1. The summed E-state index contributed by atoms with van der Waals surface area (Å²) in [6.45, 7) is 1.70. The number of esters is 1. The highest BCUT2D eigenvalue weighted by atomic mass is 16.6. The van der Waals surface area contributed by atoms with Crippen molar-refractivity contribution in [3.63, 3.8) is 0 Å². The van der Waals surface area contributed by atoms with Crippen LogP contribution in [0.4, 0.5) is 5.82 Å². The van der Waals surface area contributed by atoms with Crippen molar-refractivity contribution < 1.29 is 14.6 Å². The van der Waals surface area contributed by atoms with Crippen molar-refractivity contribution in [1.29, 1.82) is 0 Å². The SMILES string of the molecule is O=C1OC2(CCN(c3cn(-c4cccc(CCO)c4)cn3)CC2)c2ccccc21. The first-order valence-corrected chi connectivity index (χ1v) is 10.0. The molecule has 0 unspecified atom stereocenters. The zero-order valence-electron chi connectivity index (χ0n) is 16.1. The van der Waals surface area contributed by atoms with Crippen molar-refractivity contribution in [2.24, 2.45) is 0 Å². The second-order valence-electron chi connectivity index (χ2n) is 7.70. The number of fused-ring (bicyclic) bond motifs is 2. The molecule has 1 aromatic heterocycles. The Morgan fingerprint density at radius 2 is 1.93 bits per heavy atom. The smallest absolute Gasteiger partial charge is 0.339 e. The third-order valence-electron chi connectivity index (χ3n) is 6.00. The molecule has 0 bridgehead atoms. The molecule has 5 rings (SSSR count). The van der Waals surface area contributed by atoms with Crippen LogP contribution < -0.4 is 4.90 Å². The number of aliphatic hydroxyl groups is 1. The van der Waals surface area contributed by atoms with E-state index in [0.717, 1.165) is 48.6 Å². The average Bonchev–Trinajstić information content (AvgIpc) is 3.34. The van der Waals surface area contributed by atoms with E-state index in [0.29, 0.717) is 12.0 Å². The number of carbonyl (C=O) groups is 1. The molecule has 6 nitrogen and oxygen atoms in total. The largest absolute Gasteiger partial charge is 0.450 e. The van der Waals surface area contributed by atoms with Crippen molar-refractivity contribution in [1.82, 2.24) is 9.55 Å². The molecule has 1 N–H and O–H groups in total. The first-order chi connectivity index (χ1) is 14.2. The van der Waals surface area contributed by atoms with Crippen LogP contribution in [-0.2, 0) is 16.8 Å². The summed E-state index contributed by atoms with van der Waals surface area (Å²) in [7, 11) is 0. The van der Waals surface area contributed by atoms with Gasteiger partial charge in [0.25, 0.3) is 0 Å². The number of hydrogen-bond acceptors (Lipinski definition) is 5. The third-order valence-corrected chi connectivity index (χ3v) is 6.00. The van der Waals surface area contributed by atoms with Gasteiger partial charge in [0.1, 0.15) is 17.7 Å². The Balaban J connectivity index is 1.33. The Morgan fingerprint density at radius 1 is 1.10 bits per heavy atom. The first kappa shape index (κ1) is 17.9. The standard InChI is InChI=1S/C23H23N3O3/c27-13-8-17-4-3-5-18(14-17)26-15-21(24-16-26)25-11-9-23(10-12-25)20-7-2-1-6-19(20)22(28)29-23/h1-7,14-16,27H,8-13H2. The van der Waals surface area contributed by atoms with E-state index in [2.05, 4.69) is 16.0 Å². The van der Waals surface area contributed by atoms with Crippen molar-refractivity contribution in [2.45, 2.75) is 24.9 Å². The Morgan fingerprint density at radius 3 is 2.76 bits per heavy atom. The number of benzene rings is 2. The summed E-state index contributed by atoms with van der Waals surface area (Å²) >= 11 is 0. The number of carbonyl (C=O) groups excluding carboxylic acids is 1. The number of piperidine rings is 1. The molecule has 1 saturated heterocycles. The van der Waals surface area contributed by atoms with Crippen LogP contribution in [0.1, 0.15) is 34.3 Å². The van der Waals surface area contributed by atoms with Gasteiger partial charge in [0, 0.05) is 43.8 Å². The zero-order valence-corrected chi connectivity index (χ0v) is 16.1. The second kappa shape index (κ2) is 7.04. The molecule has 0 saturated carbocycles. The highest BCUT2D eigenvalue weighted by Crippen LogP contribution is 2.44. The number of anilines is 1. The molecule has 29 heavy (non-hydrogen) atoms. The van der Waals surface area contributed by atoms with Crippen LogP contribution in [-0.4, -0.2) is 40.3 Å². The van der Waals surface area contributed by atoms with Gasteiger partial charge in [-0.1, -0.05) is 30.3 Å². The molecule has 0 radical (unpaired) electrons. The minimum atomic E-state index is -0.495. The number of nitrogens with zero attached hydrogens (tertiary/aromatic N) is 3. The van der Waals surface area contributed by atoms with Crippen molar-refractivity contribution in [3.05, 3.63) is 77.7 Å². The lowest BCUT2D eigenvalue weighted by Crippen LogP contribution is -2.43. The van der Waals surface area contributed by atoms with Gasteiger partial charge in [0.05, 0.1) is 11.8 Å². The quantitative estimate of drug-likeness (QED) is 0.695. The van der Waals surface area contributed by atoms with E-state index in [1.165, 1.54) is 0 Å². The van der Waals surface area contributed by atoms with E-state index in [-0.39, 0.29) is 12.6 Å². The lowest BCUT2D eigenvalue weighted by atomic mass is 9.84. The van der Waals surface area contributed by atoms with Crippen molar-refractivity contribution >= 4 is 11.8 Å². The molecule has 0 amide bonds. The van der Waals surface area contributed by atoms with Gasteiger partial charge in [-0.2, -0.15) is 0 Å². The number of imidazole rings is 1. The Hall–Kier alpha value is -3.12. The molecule has 2 aromatic carbocycles. The van der Waals surface area contributed by atoms with Gasteiger partial charge < -0.3 is 19.3 Å². The van der Waals surface area contributed by atoms with Gasteiger partial charge in [0.2, 0.25) is 0 Å². The zero-order chi connectivity index (χ0) is 19.8. The summed E-state index contributed by atoms with van der Waals surface area (Å²) in [6.07, 6.45) is 6.01. The molecular weight excluding hydrogens is 366 g/mol. The molecule has 148 valence electrons. The molecule has 2 aliphatic heterocycles. The van der Waals surface area contributed by atoms with Crippen LogP contribution in [0.15, 0.2) is 61.1 Å². The topological polar surface area (TPSA) is 67.6 Å². The summed E-state index contributed by atoms with van der Waals surface area (Å²) < 4.78 is 7.85. The van der Waals surface area contributed by atoms with Crippen molar-refractivity contribution in [3.8, 4) is 5.69 Å². The Bertz CT molecular complexity index is 1050. The van der Waals surface area contributed by atoms with Gasteiger partial charge in [0.15, 0.2) is 0 Å². The van der Waals surface area contributed by atoms with Crippen LogP contribution in [0.3, 0.4) is 0 Å². The monoisotopic (exact) mass is 389 g/mol. The summed E-state index contributed by atoms with van der Waals surface area (Å²) in [6, 6.07) is 15.8. The summed E-state index contributed by atoms with van der Waals surface area (Å²) in [4.78, 5) is 19.1. The first-order valence-electron chi connectivity index (χ1n) is 10.0. The van der Waals surface area contributed by atoms with Gasteiger partial charge in [-0.25, -0.2) is 9.78 Å². The fraction of sp³-hybridized carbons (Fsp3) is 0.304. The molecule has 1 spiro atoms. The lowest BCUT2D eigenvalue weighted by Gasteiger charge is -2.38. The van der Waals surface area contributed by atoms with E-state index in [1.807, 2.05) is 59.6 Å². The van der Waals surface area contributed by atoms with Crippen LogP contribution in [0.5, 0.6) is 0 Å². The fourth-order valence-electron chi connectivity index (χ4n) is 4.43. The maximum atomic E-state index is 12.3. The highest BCUT2D eigenvalue weighted by molar-refractivity contribution is 5.94. The van der Waals surface area contributed by atoms with Gasteiger partial charge in [-0.05, 0) is 30.2 Å². The molecule has 0 atom stereocenters. The van der Waals surface area contributed by atoms with E-state index >= 15 is 0 Å². The molecular formula is C23H23N3O3. The maximum absolute atomic E-state index is 12.3. The third kappa shape index (κ3) is 3.09. The van der Waals surface area contributed by atoms with E-state index in [1.54, 1.807) is 0 Å². The van der Waals surface area contributed by atoms with Gasteiger partial charge in [-0.3, -0.25) is 0 Å². The van der Waals surface area contributed by atoms with Gasteiger partial charge >= 0.3 is 5.97 Å². The van der Waals surface area contributed by atoms with E-state index in [9.17, 15) is 4.79 Å². The number of rotatable bonds is 4. The fourth-order valence-corrected chi connectivity index (χ4v) is 4.43. The summed E-state index contributed by atoms with van der Waals surface area (Å²) in [5.41, 5.74) is 3.36. The van der Waals surface area contributed by atoms with Gasteiger partial charge in [-0.15, -0.1) is 0 Å². The molecule has 1 fully saturated rings. The van der Waals surface area contributed by atoms with Crippen molar-refractivity contribution in [2.75, 3.05) is 24.6 Å². The van der Waals surface area contributed by atoms with Crippen LogP contribution in [0.25, 0.3) is 5.69 Å². The lowest BCUT2D eigenvalue weighted by molar-refractivity contribution is -0.0211. The number of ether oxygens (including phenoxy) is 1. The highest BCUT2D eigenvalue weighted by Gasteiger charge is 2.47. The molecule has 3 heterocycles. The predicted molar refractivity (Wildman–Crippen MR) is 109 cm³/mol. The Labute approximate surface area is 169 Å². The van der Waals surface area contributed by atoms with Crippen LogP contribution >= 0.6 is 0 Å². The van der Waals surface area contributed by atoms with E-state index < -0.39 is 5.60 Å². The number of aromatic nitrogens is 2. The number of hydrogen-bond donors (Lipinski definition) is 1. The molecule has 2 aliphatic rings. The van der Waals surface area contributed by atoms with Crippen LogP contribution in [0, 0.1) is 0 Å². The predicted octanol–water partition coefficient (Wildman–Crippen LogP) is 3.07. The second-order valence-corrected chi connectivity index (χ2v) is 7.70. The minimum absolute atomic E-state index is 0.141. The summed E-state index contributed by atoms with van der Waals surface area (Å²) in [5, 5.41) is 9.16. The Kier molecular flexibility index (Phi) is 4.36.